The van der Waals surface area contributed by atoms with Crippen molar-refractivity contribution in [1.29, 1.82) is 0 Å². The van der Waals surface area contributed by atoms with Gasteiger partial charge in [0.2, 0.25) is 5.91 Å². The molecule has 6 heteroatoms. The quantitative estimate of drug-likeness (QED) is 0.809. The number of hydrogen-bond acceptors (Lipinski definition) is 3. The summed E-state index contributed by atoms with van der Waals surface area (Å²) in [7, 11) is 0. The summed E-state index contributed by atoms with van der Waals surface area (Å²) in [6.45, 7) is 9.20. The molecule has 1 fully saturated rings. The van der Waals surface area contributed by atoms with Crippen LogP contribution in [0, 0.1) is 0 Å². The van der Waals surface area contributed by atoms with Crippen molar-refractivity contribution in [2.45, 2.75) is 71.5 Å². The lowest BCUT2D eigenvalue weighted by Gasteiger charge is -2.32. The molecule has 2 aliphatic rings. The van der Waals surface area contributed by atoms with Gasteiger partial charge in [0.15, 0.2) is 0 Å². The molecule has 0 bridgehead atoms. The molecule has 0 saturated carbocycles. The molecule has 1 heterocycles. The zero-order chi connectivity index (χ0) is 19.9. The first-order chi connectivity index (χ1) is 12.6. The molecule has 1 aromatic carbocycles. The van der Waals surface area contributed by atoms with E-state index in [1.807, 2.05) is 39.8 Å². The fourth-order valence-corrected chi connectivity index (χ4v) is 4.31. The van der Waals surface area contributed by atoms with Crippen LogP contribution in [0.25, 0.3) is 0 Å². The van der Waals surface area contributed by atoms with Gasteiger partial charge in [-0.05, 0) is 70.6 Å². The van der Waals surface area contributed by atoms with Gasteiger partial charge in [-0.2, -0.15) is 0 Å². The van der Waals surface area contributed by atoms with E-state index >= 15 is 0 Å². The molecule has 1 aromatic rings. The summed E-state index contributed by atoms with van der Waals surface area (Å²) < 4.78 is 0. The topological polar surface area (TPSA) is 69.7 Å². The van der Waals surface area contributed by atoms with E-state index in [1.165, 1.54) is 11.1 Å². The van der Waals surface area contributed by atoms with E-state index in [9.17, 15) is 14.4 Å². The number of aryl methyl sites for hydroxylation is 2. The van der Waals surface area contributed by atoms with Crippen molar-refractivity contribution in [1.82, 2.24) is 15.1 Å². The van der Waals surface area contributed by atoms with Crippen LogP contribution in [-0.2, 0) is 28.0 Å². The third kappa shape index (κ3) is 3.33. The number of carbonyl (C=O) groups excluding carboxylic acids is 3. The van der Waals surface area contributed by atoms with Crippen LogP contribution >= 0.6 is 0 Å². The number of benzene rings is 1. The van der Waals surface area contributed by atoms with E-state index in [0.717, 1.165) is 29.7 Å². The normalized spacial score (nSPS) is 21.8. The smallest absolute Gasteiger partial charge is 0.325 e. The fraction of sp³-hybridized carbons (Fsp3) is 0.571. The van der Waals surface area contributed by atoms with Gasteiger partial charge in [-0.25, -0.2) is 4.79 Å². The highest BCUT2D eigenvalue weighted by Crippen LogP contribution is 2.32. The Morgan fingerprint density at radius 2 is 1.78 bits per heavy atom. The van der Waals surface area contributed by atoms with Gasteiger partial charge in [0.1, 0.15) is 12.1 Å². The monoisotopic (exact) mass is 371 g/mol. The van der Waals surface area contributed by atoms with E-state index in [4.69, 9.17) is 0 Å². The number of carbonyl (C=O) groups is 3. The Hall–Kier alpha value is -2.37. The van der Waals surface area contributed by atoms with E-state index in [2.05, 4.69) is 11.4 Å². The standard InChI is InChI=1S/C21H29N3O3/c1-13(2)24(14(3)4)18(25)12-23-19(26)21(5,22-20(23)27)17-10-9-15-7-6-8-16(15)11-17/h9-11,13-14H,6-8,12H2,1-5H3,(H,22,27)/t21-/m1/s1. The second-order valence-electron chi connectivity index (χ2n) is 8.27. The maximum atomic E-state index is 13.1. The van der Waals surface area contributed by atoms with Crippen LogP contribution in [0.4, 0.5) is 4.79 Å². The Kier molecular flexibility index (Phi) is 5.02. The predicted octanol–water partition coefficient (Wildman–Crippen LogP) is 2.59. The van der Waals surface area contributed by atoms with Gasteiger partial charge >= 0.3 is 6.03 Å². The van der Waals surface area contributed by atoms with Crippen molar-refractivity contribution in [3.63, 3.8) is 0 Å². The molecule has 4 amide bonds. The van der Waals surface area contributed by atoms with E-state index < -0.39 is 11.6 Å². The summed E-state index contributed by atoms with van der Waals surface area (Å²) in [4.78, 5) is 41.1. The van der Waals surface area contributed by atoms with Crippen molar-refractivity contribution < 1.29 is 14.4 Å². The molecule has 0 radical (unpaired) electrons. The molecule has 6 nitrogen and oxygen atoms in total. The Morgan fingerprint density at radius 3 is 2.41 bits per heavy atom. The van der Waals surface area contributed by atoms with Crippen LogP contribution < -0.4 is 5.32 Å². The number of nitrogens with one attached hydrogen (secondary N) is 1. The summed E-state index contributed by atoms with van der Waals surface area (Å²) in [5.74, 6) is -0.590. The van der Waals surface area contributed by atoms with Gasteiger partial charge in [0.25, 0.3) is 5.91 Å². The number of nitrogens with zero attached hydrogens (tertiary/aromatic N) is 2. The first-order valence-corrected chi connectivity index (χ1v) is 9.72. The second-order valence-corrected chi connectivity index (χ2v) is 8.27. The first kappa shape index (κ1) is 19.4. The lowest BCUT2D eigenvalue weighted by atomic mass is 9.89. The molecule has 0 spiro atoms. The van der Waals surface area contributed by atoms with Crippen molar-refractivity contribution >= 4 is 17.8 Å². The van der Waals surface area contributed by atoms with Crippen LogP contribution in [-0.4, -0.2) is 46.3 Å². The number of amides is 4. The molecule has 0 unspecified atom stereocenters. The summed E-state index contributed by atoms with van der Waals surface area (Å²) in [5.41, 5.74) is 2.21. The first-order valence-electron chi connectivity index (χ1n) is 9.72. The third-order valence-corrected chi connectivity index (χ3v) is 5.64. The van der Waals surface area contributed by atoms with Crippen LogP contribution in [0.5, 0.6) is 0 Å². The van der Waals surface area contributed by atoms with Gasteiger partial charge in [0.05, 0.1) is 0 Å². The molecule has 1 aliphatic heterocycles. The second kappa shape index (κ2) is 6.98. The Bertz CT molecular complexity index is 779. The minimum Gasteiger partial charge on any atom is -0.336 e. The number of hydrogen-bond donors (Lipinski definition) is 1. The predicted molar refractivity (Wildman–Crippen MR) is 103 cm³/mol. The maximum absolute atomic E-state index is 13.1. The molecule has 1 saturated heterocycles. The van der Waals surface area contributed by atoms with Gasteiger partial charge in [-0.3, -0.25) is 14.5 Å². The van der Waals surface area contributed by atoms with Gasteiger partial charge in [-0.1, -0.05) is 18.2 Å². The van der Waals surface area contributed by atoms with E-state index in [-0.39, 0.29) is 30.4 Å². The van der Waals surface area contributed by atoms with Crippen molar-refractivity contribution in [3.05, 3.63) is 34.9 Å². The Balaban J connectivity index is 1.83. The van der Waals surface area contributed by atoms with Crippen LogP contribution in [0.1, 0.15) is 57.7 Å². The largest absolute Gasteiger partial charge is 0.336 e. The van der Waals surface area contributed by atoms with Gasteiger partial charge in [0, 0.05) is 12.1 Å². The zero-order valence-electron chi connectivity index (χ0n) is 16.8. The fourth-order valence-electron chi connectivity index (χ4n) is 4.31. The molecular weight excluding hydrogens is 342 g/mol. The number of fused-ring (bicyclic) bond motifs is 1. The lowest BCUT2D eigenvalue weighted by Crippen LogP contribution is -2.49. The zero-order valence-corrected chi connectivity index (χ0v) is 16.8. The minimum absolute atomic E-state index is 0.00126. The van der Waals surface area contributed by atoms with Crippen LogP contribution in [0.2, 0.25) is 0 Å². The Labute approximate surface area is 160 Å². The van der Waals surface area contributed by atoms with E-state index in [1.54, 1.807) is 11.8 Å². The highest BCUT2D eigenvalue weighted by Gasteiger charge is 2.50. The minimum atomic E-state index is -1.13. The van der Waals surface area contributed by atoms with Crippen LogP contribution in [0.15, 0.2) is 18.2 Å². The Morgan fingerprint density at radius 1 is 1.15 bits per heavy atom. The van der Waals surface area contributed by atoms with E-state index in [0.29, 0.717) is 0 Å². The third-order valence-electron chi connectivity index (χ3n) is 5.64. The highest BCUT2D eigenvalue weighted by atomic mass is 16.2. The molecule has 1 aliphatic carbocycles. The summed E-state index contributed by atoms with van der Waals surface area (Å²) in [6.07, 6.45) is 3.19. The summed E-state index contributed by atoms with van der Waals surface area (Å²) in [5, 5.41) is 2.81. The van der Waals surface area contributed by atoms with Crippen LogP contribution in [0.3, 0.4) is 0 Å². The van der Waals surface area contributed by atoms with Gasteiger partial charge in [-0.15, -0.1) is 0 Å². The van der Waals surface area contributed by atoms with Crippen molar-refractivity contribution in [2.24, 2.45) is 0 Å². The summed E-state index contributed by atoms with van der Waals surface area (Å²) >= 11 is 0. The van der Waals surface area contributed by atoms with Crippen molar-refractivity contribution in [3.8, 4) is 0 Å². The number of imide groups is 1. The molecule has 3 rings (SSSR count). The van der Waals surface area contributed by atoms with Gasteiger partial charge < -0.3 is 10.2 Å². The average Bonchev–Trinajstić information content (AvgIpc) is 3.12. The summed E-state index contributed by atoms with van der Waals surface area (Å²) in [6, 6.07) is 5.49. The lowest BCUT2D eigenvalue weighted by molar-refractivity contribution is -0.141. The highest BCUT2D eigenvalue weighted by molar-refractivity contribution is 6.09. The number of rotatable bonds is 5. The molecular formula is C21H29N3O3. The molecule has 0 aromatic heterocycles. The molecule has 27 heavy (non-hydrogen) atoms. The maximum Gasteiger partial charge on any atom is 0.325 e. The number of urea groups is 1. The molecule has 1 atom stereocenters. The van der Waals surface area contributed by atoms with Crippen molar-refractivity contribution in [2.75, 3.05) is 6.54 Å². The SMILES string of the molecule is CC(C)N(C(=O)CN1C(=O)N[C@](C)(c2ccc3c(c2)CCC3)C1=O)C(C)C. The molecule has 146 valence electrons. The average molecular weight is 371 g/mol. The molecule has 1 N–H and O–H groups in total.